The highest BCUT2D eigenvalue weighted by molar-refractivity contribution is 7.12. The van der Waals surface area contributed by atoms with Crippen molar-refractivity contribution in [2.75, 3.05) is 5.32 Å². The molecule has 1 N–H and O–H groups in total. The molecule has 0 saturated heterocycles. The summed E-state index contributed by atoms with van der Waals surface area (Å²) in [6, 6.07) is 12.1. The van der Waals surface area contributed by atoms with E-state index in [1.165, 1.54) is 23.7 Å². The van der Waals surface area contributed by atoms with Crippen LogP contribution < -0.4 is 10.1 Å². The van der Waals surface area contributed by atoms with Crippen molar-refractivity contribution < 1.29 is 18.3 Å². The summed E-state index contributed by atoms with van der Waals surface area (Å²) in [5.74, 6) is -1.71. The number of carbonyl (C=O) groups excluding carboxylic acids is 1. The normalized spacial score (nSPS) is 10.8. The number of nitrogens with one attached hydrogen (secondary N) is 1. The highest BCUT2D eigenvalue weighted by atomic mass is 35.5. The molecule has 0 radical (unpaired) electrons. The van der Waals surface area contributed by atoms with Gasteiger partial charge in [0.15, 0.2) is 11.6 Å². The van der Waals surface area contributed by atoms with Gasteiger partial charge in [0.2, 0.25) is 5.95 Å². The molecule has 0 fully saturated rings. The molecule has 1 amide bonds. The Morgan fingerprint density at radius 3 is 2.71 bits per heavy atom. The predicted octanol–water partition coefficient (Wildman–Crippen LogP) is 5.15. The third-order valence-corrected chi connectivity index (χ3v) is 5.42. The van der Waals surface area contributed by atoms with E-state index in [1.54, 1.807) is 28.3 Å². The number of ether oxygens (including phenoxy) is 1. The lowest BCUT2D eigenvalue weighted by Crippen LogP contribution is -2.12. The number of nitrogens with zero attached hydrogens (tertiary/aromatic N) is 3. The monoisotopic (exact) mass is 460 g/mol. The zero-order chi connectivity index (χ0) is 21.8. The van der Waals surface area contributed by atoms with E-state index in [0.717, 1.165) is 17.7 Å². The molecule has 2 aromatic carbocycles. The van der Waals surface area contributed by atoms with Gasteiger partial charge in [-0.1, -0.05) is 23.7 Å². The van der Waals surface area contributed by atoms with Crippen LogP contribution in [0.5, 0.6) is 5.75 Å². The van der Waals surface area contributed by atoms with Crippen molar-refractivity contribution in [2.24, 2.45) is 0 Å². The van der Waals surface area contributed by atoms with Gasteiger partial charge in [0.25, 0.3) is 5.91 Å². The first kappa shape index (κ1) is 21.0. The first-order valence-electron chi connectivity index (χ1n) is 9.07. The van der Waals surface area contributed by atoms with Gasteiger partial charge in [-0.2, -0.15) is 0 Å². The lowest BCUT2D eigenvalue weighted by atomic mass is 10.2. The van der Waals surface area contributed by atoms with Crippen LogP contribution >= 0.6 is 22.9 Å². The molecule has 4 rings (SSSR count). The molecule has 0 aliphatic carbocycles. The van der Waals surface area contributed by atoms with Gasteiger partial charge >= 0.3 is 0 Å². The second kappa shape index (κ2) is 9.23. The second-order valence-corrected chi connectivity index (χ2v) is 7.88. The smallest absolute Gasteiger partial charge is 0.268 e. The Labute approximate surface area is 185 Å². The van der Waals surface area contributed by atoms with Crippen LogP contribution in [0.25, 0.3) is 0 Å². The summed E-state index contributed by atoms with van der Waals surface area (Å²) in [7, 11) is 0. The summed E-state index contributed by atoms with van der Waals surface area (Å²) in [6.45, 7) is 0.529. The van der Waals surface area contributed by atoms with Gasteiger partial charge in [-0.15, -0.1) is 16.4 Å². The summed E-state index contributed by atoms with van der Waals surface area (Å²) < 4.78 is 33.5. The molecule has 0 atom stereocenters. The number of anilines is 1. The molecule has 0 unspecified atom stereocenters. The fourth-order valence-corrected chi connectivity index (χ4v) is 3.61. The average Bonchev–Trinajstić information content (AvgIpc) is 3.39. The molecule has 0 bridgehead atoms. The second-order valence-electron chi connectivity index (χ2n) is 6.53. The number of hydrogen-bond acceptors (Lipinski definition) is 5. The van der Waals surface area contributed by atoms with Crippen LogP contribution in [0.15, 0.2) is 60.2 Å². The SMILES string of the molecule is O=C(Nc1ncn(Cc2ccc(Cl)cc2)n1)c1cc(COc2ccc(F)cc2F)cs1. The highest BCUT2D eigenvalue weighted by Gasteiger charge is 2.13. The van der Waals surface area contributed by atoms with E-state index in [9.17, 15) is 13.6 Å². The maximum Gasteiger partial charge on any atom is 0.268 e. The molecule has 158 valence electrons. The van der Waals surface area contributed by atoms with Crippen molar-refractivity contribution in [1.82, 2.24) is 14.8 Å². The molecule has 0 saturated carbocycles. The van der Waals surface area contributed by atoms with Crippen molar-refractivity contribution in [3.63, 3.8) is 0 Å². The summed E-state index contributed by atoms with van der Waals surface area (Å²) >= 11 is 7.09. The highest BCUT2D eigenvalue weighted by Crippen LogP contribution is 2.21. The van der Waals surface area contributed by atoms with Crippen LogP contribution in [-0.4, -0.2) is 20.7 Å². The lowest BCUT2D eigenvalue weighted by molar-refractivity contribution is 0.102. The minimum absolute atomic E-state index is 0.0420. The van der Waals surface area contributed by atoms with Crippen LogP contribution in [-0.2, 0) is 13.2 Å². The third-order valence-electron chi connectivity index (χ3n) is 4.19. The Morgan fingerprint density at radius 1 is 1.13 bits per heavy atom. The zero-order valence-corrected chi connectivity index (χ0v) is 17.5. The van der Waals surface area contributed by atoms with Gasteiger partial charge in [0.05, 0.1) is 11.4 Å². The van der Waals surface area contributed by atoms with E-state index in [4.69, 9.17) is 16.3 Å². The van der Waals surface area contributed by atoms with Crippen LogP contribution in [0.1, 0.15) is 20.8 Å². The fourth-order valence-electron chi connectivity index (χ4n) is 2.69. The molecule has 4 aromatic rings. The summed E-state index contributed by atoms with van der Waals surface area (Å²) in [5, 5.41) is 9.26. The molecule has 10 heteroatoms. The Kier molecular flexibility index (Phi) is 6.24. The number of rotatable bonds is 7. The van der Waals surface area contributed by atoms with Gasteiger partial charge in [0.1, 0.15) is 18.8 Å². The van der Waals surface area contributed by atoms with Crippen molar-refractivity contribution in [1.29, 1.82) is 0 Å². The van der Waals surface area contributed by atoms with E-state index >= 15 is 0 Å². The number of amides is 1. The Bertz CT molecular complexity index is 1210. The van der Waals surface area contributed by atoms with Crippen LogP contribution in [0, 0.1) is 11.6 Å². The van der Waals surface area contributed by atoms with Crippen molar-refractivity contribution in [3.05, 3.63) is 92.9 Å². The standard InChI is InChI=1S/C21H15ClF2N4O2S/c22-15-3-1-13(2-4-15)9-28-12-25-21(27-28)26-20(29)19-7-14(11-31-19)10-30-18-6-5-16(23)8-17(18)24/h1-8,11-12H,9-10H2,(H,26,27,29). The average molecular weight is 461 g/mol. The quantitative estimate of drug-likeness (QED) is 0.414. The molecule has 2 heterocycles. The Hall–Kier alpha value is -3.30. The van der Waals surface area contributed by atoms with E-state index in [1.807, 2.05) is 12.1 Å². The van der Waals surface area contributed by atoms with Crippen molar-refractivity contribution >= 4 is 34.8 Å². The fraction of sp³-hybridized carbons (Fsp3) is 0.0952. The maximum atomic E-state index is 13.6. The van der Waals surface area contributed by atoms with Gasteiger partial charge in [-0.25, -0.2) is 18.4 Å². The van der Waals surface area contributed by atoms with Gasteiger partial charge in [0, 0.05) is 16.7 Å². The summed E-state index contributed by atoms with van der Waals surface area (Å²) in [4.78, 5) is 17.0. The van der Waals surface area contributed by atoms with Gasteiger partial charge in [-0.05, 0) is 41.3 Å². The molecule has 0 aliphatic heterocycles. The number of halogens is 3. The van der Waals surface area contributed by atoms with E-state index in [2.05, 4.69) is 15.4 Å². The van der Waals surface area contributed by atoms with E-state index in [-0.39, 0.29) is 24.2 Å². The van der Waals surface area contributed by atoms with E-state index in [0.29, 0.717) is 22.0 Å². The lowest BCUT2D eigenvalue weighted by Gasteiger charge is -2.05. The number of thiophene rings is 1. The predicted molar refractivity (Wildman–Crippen MR) is 114 cm³/mol. The first-order chi connectivity index (χ1) is 15.0. The largest absolute Gasteiger partial charge is 0.486 e. The summed E-state index contributed by atoms with van der Waals surface area (Å²) in [6.07, 6.45) is 1.52. The van der Waals surface area contributed by atoms with Crippen LogP contribution in [0.2, 0.25) is 5.02 Å². The van der Waals surface area contributed by atoms with Crippen molar-refractivity contribution in [3.8, 4) is 5.75 Å². The van der Waals surface area contributed by atoms with Crippen LogP contribution in [0.3, 0.4) is 0 Å². The Balaban J connectivity index is 1.33. The Morgan fingerprint density at radius 2 is 1.94 bits per heavy atom. The molecule has 6 nitrogen and oxygen atoms in total. The zero-order valence-electron chi connectivity index (χ0n) is 15.9. The number of aromatic nitrogens is 3. The molecule has 31 heavy (non-hydrogen) atoms. The topological polar surface area (TPSA) is 69.0 Å². The molecular weight excluding hydrogens is 446 g/mol. The number of hydrogen-bond donors (Lipinski definition) is 1. The van der Waals surface area contributed by atoms with E-state index < -0.39 is 11.6 Å². The molecular formula is C21H15ClF2N4O2S. The first-order valence-corrected chi connectivity index (χ1v) is 10.3. The number of benzene rings is 2. The third kappa shape index (κ3) is 5.44. The number of carbonyl (C=O) groups is 1. The minimum atomic E-state index is -0.784. The van der Waals surface area contributed by atoms with Gasteiger partial charge < -0.3 is 4.74 Å². The minimum Gasteiger partial charge on any atom is -0.486 e. The van der Waals surface area contributed by atoms with Crippen molar-refractivity contribution in [2.45, 2.75) is 13.2 Å². The summed E-state index contributed by atoms with van der Waals surface area (Å²) in [5.41, 5.74) is 1.67. The van der Waals surface area contributed by atoms with Gasteiger partial charge in [-0.3, -0.25) is 10.1 Å². The molecule has 0 spiro atoms. The molecule has 0 aliphatic rings. The maximum absolute atomic E-state index is 13.6. The molecule has 2 aromatic heterocycles. The van der Waals surface area contributed by atoms with Crippen LogP contribution in [0.4, 0.5) is 14.7 Å².